The van der Waals surface area contributed by atoms with E-state index in [1.54, 1.807) is 29.8 Å². The monoisotopic (exact) mass is 425 g/mol. The average molecular weight is 425 g/mol. The number of ether oxygens (including phenoxy) is 2. The summed E-state index contributed by atoms with van der Waals surface area (Å²) in [6.07, 6.45) is 1.62. The lowest BCUT2D eigenvalue weighted by molar-refractivity contribution is -0.144. The number of hydrogen-bond acceptors (Lipinski definition) is 7. The lowest BCUT2D eigenvalue weighted by Gasteiger charge is -2.05. The van der Waals surface area contributed by atoms with Gasteiger partial charge in [-0.3, -0.25) is 14.0 Å². The molecule has 4 aromatic rings. The molecule has 30 heavy (non-hydrogen) atoms. The topological polar surface area (TPSA) is 82.8 Å². The first-order valence-corrected chi connectivity index (χ1v) is 9.89. The van der Waals surface area contributed by atoms with Crippen LogP contribution in [0.5, 0.6) is 5.75 Å². The van der Waals surface area contributed by atoms with E-state index in [0.717, 1.165) is 0 Å². The molecule has 7 nitrogen and oxygen atoms in total. The maximum absolute atomic E-state index is 12.9. The lowest BCUT2D eigenvalue weighted by Crippen LogP contribution is -2.16. The molecule has 0 saturated carbocycles. The predicted octanol–water partition coefficient (Wildman–Crippen LogP) is 3.16. The molecule has 3 aromatic heterocycles. The number of pyridine rings is 1. The van der Waals surface area contributed by atoms with Crippen LogP contribution in [-0.2, 0) is 29.2 Å². The van der Waals surface area contributed by atoms with Crippen LogP contribution in [0.3, 0.4) is 0 Å². The van der Waals surface area contributed by atoms with E-state index in [9.17, 15) is 14.0 Å². The first-order chi connectivity index (χ1) is 14.6. The molecule has 0 radical (unpaired) electrons. The van der Waals surface area contributed by atoms with Crippen molar-refractivity contribution in [1.82, 2.24) is 14.4 Å². The second-order valence-corrected chi connectivity index (χ2v) is 7.27. The maximum Gasteiger partial charge on any atom is 0.312 e. The maximum atomic E-state index is 12.9. The Morgan fingerprint density at radius 2 is 1.90 bits per heavy atom. The van der Waals surface area contributed by atoms with Gasteiger partial charge in [-0.1, -0.05) is 6.07 Å². The summed E-state index contributed by atoms with van der Waals surface area (Å²) in [5.74, 6) is -0.269. The van der Waals surface area contributed by atoms with Crippen molar-refractivity contribution in [3.05, 3.63) is 92.7 Å². The highest BCUT2D eigenvalue weighted by Crippen LogP contribution is 2.16. The van der Waals surface area contributed by atoms with Crippen LogP contribution in [0.15, 0.2) is 64.9 Å². The Morgan fingerprint density at radius 1 is 1.07 bits per heavy atom. The minimum absolute atomic E-state index is 0.000385. The van der Waals surface area contributed by atoms with Gasteiger partial charge in [0.2, 0.25) is 0 Å². The Hall–Kier alpha value is -3.59. The van der Waals surface area contributed by atoms with Gasteiger partial charge in [0.25, 0.3) is 5.56 Å². The Bertz CT molecular complexity index is 1240. The van der Waals surface area contributed by atoms with Crippen LogP contribution < -0.4 is 10.3 Å². The number of hydrogen-bond donors (Lipinski definition) is 0. The number of carbonyl (C=O) groups is 1. The van der Waals surface area contributed by atoms with Crippen LogP contribution in [0.25, 0.3) is 5.65 Å². The fraction of sp³-hybridized carbons (Fsp3) is 0.143. The molecular formula is C21H16FN3O4S. The highest BCUT2D eigenvalue weighted by Gasteiger charge is 2.11. The van der Waals surface area contributed by atoms with Gasteiger partial charge in [0.15, 0.2) is 0 Å². The zero-order valence-electron chi connectivity index (χ0n) is 15.7. The normalized spacial score (nSPS) is 10.8. The van der Waals surface area contributed by atoms with Crippen LogP contribution in [0.4, 0.5) is 4.39 Å². The Morgan fingerprint density at radius 3 is 2.73 bits per heavy atom. The Labute approximate surface area is 174 Å². The molecule has 0 bridgehead atoms. The van der Waals surface area contributed by atoms with Crippen LogP contribution in [0, 0.1) is 5.82 Å². The van der Waals surface area contributed by atoms with Crippen LogP contribution in [0.2, 0.25) is 0 Å². The number of halogens is 1. The molecule has 0 spiro atoms. The SMILES string of the molecule is O=C(Cc1csc(COc2ccc(F)cc2)n1)OCc1cc(=O)n2ccccc2n1. The van der Waals surface area contributed by atoms with Gasteiger partial charge in [-0.05, 0) is 36.4 Å². The zero-order valence-corrected chi connectivity index (χ0v) is 16.5. The van der Waals surface area contributed by atoms with E-state index in [-0.39, 0.29) is 31.0 Å². The van der Waals surface area contributed by atoms with Crippen molar-refractivity contribution in [2.45, 2.75) is 19.6 Å². The number of esters is 1. The number of thiazole rings is 1. The fourth-order valence-corrected chi connectivity index (χ4v) is 3.41. The molecule has 1 aromatic carbocycles. The standard InChI is InChI=1S/C21H16FN3O4S/c22-14-4-6-17(7-5-14)28-12-19-24-16(13-30-19)10-21(27)29-11-15-9-20(26)25-8-2-1-3-18(25)23-15/h1-9,13H,10-12H2. The van der Waals surface area contributed by atoms with Crippen LogP contribution >= 0.6 is 11.3 Å². The second kappa shape index (κ2) is 8.83. The number of nitrogens with zero attached hydrogens (tertiary/aromatic N) is 3. The summed E-state index contributed by atoms with van der Waals surface area (Å²) >= 11 is 1.36. The summed E-state index contributed by atoms with van der Waals surface area (Å²) in [5, 5.41) is 2.44. The largest absolute Gasteiger partial charge is 0.486 e. The molecule has 9 heteroatoms. The van der Waals surface area contributed by atoms with Crippen molar-refractivity contribution < 1.29 is 18.7 Å². The van der Waals surface area contributed by atoms with Gasteiger partial charge in [0.05, 0.1) is 17.8 Å². The minimum atomic E-state index is -0.471. The smallest absolute Gasteiger partial charge is 0.312 e. The van der Waals surface area contributed by atoms with Crippen molar-refractivity contribution in [1.29, 1.82) is 0 Å². The van der Waals surface area contributed by atoms with Gasteiger partial charge < -0.3 is 9.47 Å². The third-order valence-electron chi connectivity index (χ3n) is 4.11. The molecule has 152 valence electrons. The van der Waals surface area contributed by atoms with Gasteiger partial charge in [0, 0.05) is 17.6 Å². The molecular weight excluding hydrogens is 409 g/mol. The molecule has 4 rings (SSSR count). The highest BCUT2D eigenvalue weighted by molar-refractivity contribution is 7.09. The van der Waals surface area contributed by atoms with E-state index < -0.39 is 5.97 Å². The van der Waals surface area contributed by atoms with Crippen molar-refractivity contribution in [2.75, 3.05) is 0 Å². The second-order valence-electron chi connectivity index (χ2n) is 6.33. The molecule has 0 unspecified atom stereocenters. The van der Waals surface area contributed by atoms with Gasteiger partial charge in [-0.15, -0.1) is 11.3 Å². The van der Waals surface area contributed by atoms with E-state index in [1.165, 1.54) is 46.1 Å². The van der Waals surface area contributed by atoms with E-state index in [0.29, 0.717) is 27.8 Å². The first-order valence-electron chi connectivity index (χ1n) is 9.01. The number of benzene rings is 1. The van der Waals surface area contributed by atoms with E-state index in [4.69, 9.17) is 9.47 Å². The highest BCUT2D eigenvalue weighted by atomic mass is 32.1. The van der Waals surface area contributed by atoms with E-state index in [2.05, 4.69) is 9.97 Å². The van der Waals surface area contributed by atoms with E-state index >= 15 is 0 Å². The summed E-state index contributed by atoms with van der Waals surface area (Å²) in [4.78, 5) is 32.8. The van der Waals surface area contributed by atoms with Gasteiger partial charge >= 0.3 is 5.97 Å². The van der Waals surface area contributed by atoms with Crippen LogP contribution in [-0.4, -0.2) is 20.3 Å². The van der Waals surface area contributed by atoms with Crippen molar-refractivity contribution >= 4 is 23.0 Å². The molecule has 0 fully saturated rings. The molecule has 0 atom stereocenters. The fourth-order valence-electron chi connectivity index (χ4n) is 2.70. The predicted molar refractivity (Wildman–Crippen MR) is 108 cm³/mol. The third-order valence-corrected chi connectivity index (χ3v) is 4.98. The average Bonchev–Trinajstić information content (AvgIpc) is 3.19. The Kier molecular flexibility index (Phi) is 5.80. The summed E-state index contributed by atoms with van der Waals surface area (Å²) in [6.45, 7) is 0.125. The molecule has 3 heterocycles. The van der Waals surface area contributed by atoms with Crippen molar-refractivity contribution in [3.63, 3.8) is 0 Å². The summed E-state index contributed by atoms with van der Waals surface area (Å²) in [6, 6.07) is 12.3. The number of carbonyl (C=O) groups excluding carboxylic acids is 1. The Balaban J connectivity index is 1.30. The minimum Gasteiger partial charge on any atom is -0.486 e. The summed E-state index contributed by atoms with van der Waals surface area (Å²) in [5.41, 5.74) is 1.19. The van der Waals surface area contributed by atoms with Crippen LogP contribution in [0.1, 0.15) is 16.4 Å². The number of rotatable bonds is 7. The van der Waals surface area contributed by atoms with Crippen molar-refractivity contribution in [2.24, 2.45) is 0 Å². The molecule has 0 amide bonds. The first kappa shape index (κ1) is 19.7. The quantitative estimate of drug-likeness (QED) is 0.423. The van der Waals surface area contributed by atoms with Gasteiger partial charge in [0.1, 0.15) is 35.4 Å². The lowest BCUT2D eigenvalue weighted by atomic mass is 10.3. The van der Waals surface area contributed by atoms with E-state index in [1.807, 2.05) is 0 Å². The summed E-state index contributed by atoms with van der Waals surface area (Å²) < 4.78 is 25.1. The zero-order chi connectivity index (χ0) is 20.9. The number of aromatic nitrogens is 3. The molecule has 0 N–H and O–H groups in total. The summed E-state index contributed by atoms with van der Waals surface area (Å²) in [7, 11) is 0. The molecule has 0 aliphatic rings. The van der Waals surface area contributed by atoms with Crippen molar-refractivity contribution in [3.8, 4) is 5.75 Å². The molecule has 0 aliphatic carbocycles. The van der Waals surface area contributed by atoms with Gasteiger partial charge in [-0.25, -0.2) is 14.4 Å². The molecule has 0 aliphatic heterocycles. The third kappa shape index (κ3) is 4.87. The van der Waals surface area contributed by atoms with Gasteiger partial charge in [-0.2, -0.15) is 0 Å². The molecule has 0 saturated heterocycles. The number of fused-ring (bicyclic) bond motifs is 1.